The molecule has 5 nitrogen and oxygen atoms in total. The van der Waals surface area contributed by atoms with Crippen molar-refractivity contribution in [3.8, 4) is 0 Å². The van der Waals surface area contributed by atoms with Gasteiger partial charge in [-0.05, 0) is 49.7 Å². The van der Waals surface area contributed by atoms with Gasteiger partial charge in [-0.2, -0.15) is 0 Å². The number of hydrogen-bond acceptors (Lipinski definition) is 4. The Morgan fingerprint density at radius 2 is 1.64 bits per heavy atom. The number of carbonyl (C=O) groups is 1. The quantitative estimate of drug-likeness (QED) is 0.657. The fraction of sp³-hybridized carbons (Fsp3) is 0.435. The first-order valence-corrected chi connectivity index (χ1v) is 10.3. The number of anilines is 2. The van der Waals surface area contributed by atoms with Crippen molar-refractivity contribution in [3.05, 3.63) is 60.2 Å². The summed E-state index contributed by atoms with van der Waals surface area (Å²) in [6, 6.07) is 18.9. The summed E-state index contributed by atoms with van der Waals surface area (Å²) in [5.41, 5.74) is 3.66. The zero-order chi connectivity index (χ0) is 19.6. The number of carbonyl (C=O) groups excluding carboxylic acids is 1. The minimum absolute atomic E-state index is 0.106. The van der Waals surface area contributed by atoms with Gasteiger partial charge < -0.3 is 20.4 Å². The number of benzene rings is 2. The molecule has 1 saturated heterocycles. The van der Waals surface area contributed by atoms with Crippen molar-refractivity contribution >= 4 is 17.3 Å². The first-order valence-electron chi connectivity index (χ1n) is 10.3. The van der Waals surface area contributed by atoms with Crippen LogP contribution in [0.5, 0.6) is 0 Å². The van der Waals surface area contributed by atoms with E-state index in [9.17, 15) is 4.79 Å². The molecule has 1 aliphatic rings. The van der Waals surface area contributed by atoms with Crippen LogP contribution in [0, 0.1) is 0 Å². The normalized spacial score (nSPS) is 14.7. The lowest BCUT2D eigenvalue weighted by molar-refractivity contribution is -0.120. The first kappa shape index (κ1) is 20.2. The van der Waals surface area contributed by atoms with Crippen molar-refractivity contribution in [2.24, 2.45) is 0 Å². The van der Waals surface area contributed by atoms with Gasteiger partial charge in [-0.15, -0.1) is 0 Å². The van der Waals surface area contributed by atoms with Gasteiger partial charge in [-0.3, -0.25) is 4.79 Å². The van der Waals surface area contributed by atoms with Crippen LogP contribution in [0.15, 0.2) is 54.6 Å². The fourth-order valence-electron chi connectivity index (χ4n) is 3.43. The zero-order valence-electron chi connectivity index (χ0n) is 16.9. The maximum Gasteiger partial charge on any atom is 0.221 e. The molecule has 2 aromatic carbocycles. The van der Waals surface area contributed by atoms with Crippen LogP contribution < -0.4 is 15.5 Å². The van der Waals surface area contributed by atoms with Gasteiger partial charge in [0.2, 0.25) is 5.91 Å². The molecule has 0 aromatic heterocycles. The van der Waals surface area contributed by atoms with Crippen LogP contribution in [-0.2, 0) is 11.2 Å². The Morgan fingerprint density at radius 3 is 2.36 bits per heavy atom. The molecule has 28 heavy (non-hydrogen) atoms. The van der Waals surface area contributed by atoms with Gasteiger partial charge >= 0.3 is 0 Å². The molecule has 1 aliphatic heterocycles. The predicted molar refractivity (Wildman–Crippen MR) is 117 cm³/mol. The Bertz CT molecular complexity index is 709. The molecule has 5 heteroatoms. The Balaban J connectivity index is 1.29. The number of nitrogens with zero attached hydrogens (tertiary/aromatic N) is 2. The maximum absolute atomic E-state index is 12.0. The molecule has 0 aliphatic carbocycles. The molecule has 3 rings (SSSR count). The van der Waals surface area contributed by atoms with Crippen LogP contribution in [-0.4, -0.2) is 57.1 Å². The van der Waals surface area contributed by atoms with E-state index >= 15 is 0 Å². The molecule has 0 spiro atoms. The monoisotopic (exact) mass is 380 g/mol. The van der Waals surface area contributed by atoms with Crippen molar-refractivity contribution in [2.45, 2.75) is 19.3 Å². The fourth-order valence-corrected chi connectivity index (χ4v) is 3.43. The van der Waals surface area contributed by atoms with E-state index in [1.807, 2.05) is 6.07 Å². The average molecular weight is 381 g/mol. The molecule has 1 heterocycles. The van der Waals surface area contributed by atoms with E-state index in [-0.39, 0.29) is 5.91 Å². The minimum atomic E-state index is 0.106. The van der Waals surface area contributed by atoms with E-state index in [0.29, 0.717) is 13.0 Å². The third-order valence-electron chi connectivity index (χ3n) is 5.22. The summed E-state index contributed by atoms with van der Waals surface area (Å²) >= 11 is 0. The third kappa shape index (κ3) is 6.57. The Morgan fingerprint density at radius 1 is 0.929 bits per heavy atom. The minimum Gasteiger partial charge on any atom is -0.385 e. The molecule has 0 unspecified atom stereocenters. The number of nitrogens with one attached hydrogen (secondary N) is 2. The number of likely N-dealkylation sites (N-methyl/N-ethyl adjacent to an activating group) is 1. The van der Waals surface area contributed by atoms with Crippen molar-refractivity contribution < 1.29 is 4.79 Å². The Hall–Kier alpha value is -2.53. The number of amides is 1. The first-order chi connectivity index (χ1) is 13.7. The number of aryl methyl sites for hydroxylation is 1. The highest BCUT2D eigenvalue weighted by molar-refractivity contribution is 5.76. The molecule has 0 radical (unpaired) electrons. The molecule has 0 atom stereocenters. The lowest BCUT2D eigenvalue weighted by atomic mass is 10.1. The van der Waals surface area contributed by atoms with E-state index in [0.717, 1.165) is 51.3 Å². The molecule has 150 valence electrons. The third-order valence-corrected chi connectivity index (χ3v) is 5.22. The molecular formula is C23H32N4O. The van der Waals surface area contributed by atoms with E-state index in [1.54, 1.807) is 0 Å². The summed E-state index contributed by atoms with van der Waals surface area (Å²) < 4.78 is 0. The largest absolute Gasteiger partial charge is 0.385 e. The second-order valence-corrected chi connectivity index (χ2v) is 7.45. The number of piperazine rings is 1. The van der Waals surface area contributed by atoms with Crippen LogP contribution in [0.25, 0.3) is 0 Å². The van der Waals surface area contributed by atoms with Crippen molar-refractivity contribution in [2.75, 3.05) is 56.5 Å². The van der Waals surface area contributed by atoms with Gasteiger partial charge in [0.25, 0.3) is 0 Å². The molecule has 2 aromatic rings. The van der Waals surface area contributed by atoms with E-state index in [4.69, 9.17) is 0 Å². The highest BCUT2D eigenvalue weighted by Crippen LogP contribution is 2.19. The number of hydrogen-bond donors (Lipinski definition) is 2. The van der Waals surface area contributed by atoms with Crippen LogP contribution in [0.3, 0.4) is 0 Å². The Kier molecular flexibility index (Phi) is 7.73. The van der Waals surface area contributed by atoms with Crippen molar-refractivity contribution in [1.82, 2.24) is 10.2 Å². The summed E-state index contributed by atoms with van der Waals surface area (Å²) in [7, 11) is 2.17. The topological polar surface area (TPSA) is 47.6 Å². The maximum atomic E-state index is 12.0. The molecule has 1 fully saturated rings. The van der Waals surface area contributed by atoms with Gasteiger partial charge in [0, 0.05) is 57.1 Å². The van der Waals surface area contributed by atoms with Gasteiger partial charge in [0.1, 0.15) is 0 Å². The van der Waals surface area contributed by atoms with Crippen molar-refractivity contribution in [1.29, 1.82) is 0 Å². The summed E-state index contributed by atoms with van der Waals surface area (Å²) in [4.78, 5) is 16.8. The zero-order valence-corrected chi connectivity index (χ0v) is 16.9. The predicted octanol–water partition coefficient (Wildman–Crippen LogP) is 2.99. The van der Waals surface area contributed by atoms with Gasteiger partial charge in [0.05, 0.1) is 0 Å². The summed E-state index contributed by atoms with van der Waals surface area (Å²) in [5, 5.41) is 6.35. The van der Waals surface area contributed by atoms with Crippen LogP contribution >= 0.6 is 0 Å². The molecule has 0 saturated carbocycles. The van der Waals surface area contributed by atoms with E-state index in [1.165, 1.54) is 11.3 Å². The van der Waals surface area contributed by atoms with Crippen molar-refractivity contribution in [3.63, 3.8) is 0 Å². The summed E-state index contributed by atoms with van der Waals surface area (Å²) in [5.74, 6) is 0.106. The van der Waals surface area contributed by atoms with Gasteiger partial charge in [-0.25, -0.2) is 0 Å². The second-order valence-electron chi connectivity index (χ2n) is 7.45. The lowest BCUT2D eigenvalue weighted by Crippen LogP contribution is -2.44. The summed E-state index contributed by atoms with van der Waals surface area (Å²) in [6.07, 6.45) is 2.46. The Labute approximate surface area is 168 Å². The lowest BCUT2D eigenvalue weighted by Gasteiger charge is -2.34. The van der Waals surface area contributed by atoms with E-state index in [2.05, 4.69) is 76.0 Å². The average Bonchev–Trinajstić information content (AvgIpc) is 2.73. The molecular weight excluding hydrogens is 348 g/mol. The van der Waals surface area contributed by atoms with Crippen LogP contribution in [0.1, 0.15) is 18.4 Å². The summed E-state index contributed by atoms with van der Waals surface area (Å²) in [6.45, 7) is 5.76. The highest BCUT2D eigenvalue weighted by Gasteiger charge is 2.13. The standard InChI is InChI=1S/C23H32N4O/c1-26-16-18-27(19-17-26)22-11-9-21(10-12-22)24-15-13-23(28)25-14-5-8-20-6-3-2-4-7-20/h2-4,6-7,9-12,24H,5,8,13-19H2,1H3,(H,25,28). The SMILES string of the molecule is CN1CCN(c2ccc(NCCC(=O)NCCCc3ccccc3)cc2)CC1. The molecule has 1 amide bonds. The molecule has 2 N–H and O–H groups in total. The van der Waals surface area contributed by atoms with Crippen LogP contribution in [0.2, 0.25) is 0 Å². The number of rotatable bonds is 9. The second kappa shape index (κ2) is 10.7. The highest BCUT2D eigenvalue weighted by atomic mass is 16.1. The van der Waals surface area contributed by atoms with E-state index < -0.39 is 0 Å². The van der Waals surface area contributed by atoms with Gasteiger partial charge in [0.15, 0.2) is 0 Å². The molecule has 0 bridgehead atoms. The van der Waals surface area contributed by atoms with Gasteiger partial charge in [-0.1, -0.05) is 30.3 Å². The van der Waals surface area contributed by atoms with Crippen LogP contribution in [0.4, 0.5) is 11.4 Å². The smallest absolute Gasteiger partial charge is 0.221 e.